The number of carbonyl (C=O) groups is 1. The molecular weight excluding hydrogens is 232 g/mol. The van der Waals surface area contributed by atoms with Crippen LogP contribution >= 0.6 is 0 Å². The van der Waals surface area contributed by atoms with Crippen LogP contribution < -0.4 is 10.5 Å². The van der Waals surface area contributed by atoms with Crippen molar-refractivity contribution in [2.24, 2.45) is 0 Å². The van der Waals surface area contributed by atoms with Crippen LogP contribution in [0.1, 0.15) is 17.3 Å². The van der Waals surface area contributed by atoms with Gasteiger partial charge in [-0.05, 0) is 19.1 Å². The van der Waals surface area contributed by atoms with E-state index in [0.717, 1.165) is 0 Å². The number of morpholine rings is 1. The van der Waals surface area contributed by atoms with Gasteiger partial charge in [-0.1, -0.05) is 6.07 Å². The van der Waals surface area contributed by atoms with E-state index in [1.807, 2.05) is 6.92 Å². The second kappa shape index (κ2) is 5.27. The largest absolute Gasteiger partial charge is 0.495 e. The van der Waals surface area contributed by atoms with Crippen molar-refractivity contribution in [3.8, 4) is 5.75 Å². The van der Waals surface area contributed by atoms with Crippen molar-refractivity contribution in [1.29, 1.82) is 0 Å². The maximum absolute atomic E-state index is 12.4. The van der Waals surface area contributed by atoms with Crippen molar-refractivity contribution >= 4 is 11.6 Å². The monoisotopic (exact) mass is 250 g/mol. The number of ether oxygens (including phenoxy) is 2. The molecule has 18 heavy (non-hydrogen) atoms. The Morgan fingerprint density at radius 1 is 1.56 bits per heavy atom. The number of nitrogens with zero attached hydrogens (tertiary/aromatic N) is 1. The highest BCUT2D eigenvalue weighted by Crippen LogP contribution is 2.26. The third kappa shape index (κ3) is 2.41. The molecule has 1 aromatic carbocycles. The summed E-state index contributed by atoms with van der Waals surface area (Å²) in [5.74, 6) is 0.462. The number of nitrogen functional groups attached to an aromatic ring is 1. The number of para-hydroxylation sites is 1. The van der Waals surface area contributed by atoms with Gasteiger partial charge in [-0.25, -0.2) is 0 Å². The number of methoxy groups -OCH3 is 1. The predicted octanol–water partition coefficient (Wildman–Crippen LogP) is 1.14. The minimum absolute atomic E-state index is 0.0644. The molecule has 0 radical (unpaired) electrons. The molecule has 2 N–H and O–H groups in total. The average Bonchev–Trinajstić information content (AvgIpc) is 2.38. The molecule has 5 heteroatoms. The Morgan fingerprint density at radius 2 is 2.33 bits per heavy atom. The minimum atomic E-state index is -0.0680. The summed E-state index contributed by atoms with van der Waals surface area (Å²) in [6.07, 6.45) is 0.0644. The van der Waals surface area contributed by atoms with Crippen LogP contribution in [0.25, 0.3) is 0 Å². The highest BCUT2D eigenvalue weighted by molar-refractivity contribution is 6.00. The fourth-order valence-corrected chi connectivity index (χ4v) is 2.08. The van der Waals surface area contributed by atoms with Gasteiger partial charge < -0.3 is 20.1 Å². The fraction of sp³-hybridized carbons (Fsp3) is 0.462. The first-order chi connectivity index (χ1) is 8.63. The Balaban J connectivity index is 2.23. The molecule has 98 valence electrons. The number of benzene rings is 1. The summed E-state index contributed by atoms with van der Waals surface area (Å²) in [6, 6.07) is 5.24. The topological polar surface area (TPSA) is 64.8 Å². The maximum atomic E-state index is 12.4. The van der Waals surface area contributed by atoms with Crippen molar-refractivity contribution < 1.29 is 14.3 Å². The van der Waals surface area contributed by atoms with E-state index in [4.69, 9.17) is 15.2 Å². The molecule has 1 saturated heterocycles. The normalized spacial score (nSPS) is 19.7. The summed E-state index contributed by atoms with van der Waals surface area (Å²) in [6.45, 7) is 3.71. The molecule has 5 nitrogen and oxygen atoms in total. The second-order valence-electron chi connectivity index (χ2n) is 4.35. The van der Waals surface area contributed by atoms with Gasteiger partial charge in [0, 0.05) is 13.1 Å². The molecule has 0 spiro atoms. The molecule has 1 aliphatic rings. The van der Waals surface area contributed by atoms with Crippen LogP contribution in [0.2, 0.25) is 0 Å². The number of rotatable bonds is 2. The van der Waals surface area contributed by atoms with Gasteiger partial charge in [0.2, 0.25) is 0 Å². The number of hydrogen-bond acceptors (Lipinski definition) is 4. The van der Waals surface area contributed by atoms with Crippen LogP contribution in [0.5, 0.6) is 5.75 Å². The van der Waals surface area contributed by atoms with E-state index >= 15 is 0 Å². The molecule has 2 rings (SSSR count). The van der Waals surface area contributed by atoms with Gasteiger partial charge in [-0.3, -0.25) is 4.79 Å². The van der Waals surface area contributed by atoms with E-state index < -0.39 is 0 Å². The Kier molecular flexibility index (Phi) is 3.72. The Hall–Kier alpha value is -1.75. The van der Waals surface area contributed by atoms with E-state index in [1.165, 1.54) is 7.11 Å². The molecule has 0 saturated carbocycles. The zero-order chi connectivity index (χ0) is 13.1. The first-order valence-corrected chi connectivity index (χ1v) is 5.97. The summed E-state index contributed by atoms with van der Waals surface area (Å²) >= 11 is 0. The van der Waals surface area contributed by atoms with E-state index in [9.17, 15) is 4.79 Å². The number of nitrogens with two attached hydrogens (primary N) is 1. The van der Waals surface area contributed by atoms with Crippen molar-refractivity contribution in [3.05, 3.63) is 23.8 Å². The van der Waals surface area contributed by atoms with Crippen LogP contribution in [0.4, 0.5) is 5.69 Å². The van der Waals surface area contributed by atoms with E-state index in [2.05, 4.69) is 0 Å². The lowest BCUT2D eigenvalue weighted by Gasteiger charge is -2.31. The van der Waals surface area contributed by atoms with Gasteiger partial charge in [0.25, 0.3) is 5.91 Å². The third-order valence-electron chi connectivity index (χ3n) is 3.04. The van der Waals surface area contributed by atoms with Crippen molar-refractivity contribution in [3.63, 3.8) is 0 Å². The standard InChI is InChI=1S/C13H18N2O3/c1-9-8-15(6-7-18-9)13(16)10-4-3-5-11(17-2)12(10)14/h3-5,9H,6-8,14H2,1-2H3. The van der Waals surface area contributed by atoms with Gasteiger partial charge in [-0.15, -0.1) is 0 Å². The number of anilines is 1. The van der Waals surface area contributed by atoms with Crippen LogP contribution in [0.3, 0.4) is 0 Å². The van der Waals surface area contributed by atoms with Crippen LogP contribution in [-0.2, 0) is 4.74 Å². The second-order valence-corrected chi connectivity index (χ2v) is 4.35. The number of carbonyl (C=O) groups excluding carboxylic acids is 1. The summed E-state index contributed by atoms with van der Waals surface area (Å²) < 4.78 is 10.5. The smallest absolute Gasteiger partial charge is 0.256 e. The zero-order valence-electron chi connectivity index (χ0n) is 10.7. The summed E-state index contributed by atoms with van der Waals surface area (Å²) in [7, 11) is 1.54. The van der Waals surface area contributed by atoms with Crippen LogP contribution in [0, 0.1) is 0 Å². The molecule has 1 aliphatic heterocycles. The lowest BCUT2D eigenvalue weighted by atomic mass is 10.1. The minimum Gasteiger partial charge on any atom is -0.495 e. The third-order valence-corrected chi connectivity index (χ3v) is 3.04. The highest BCUT2D eigenvalue weighted by Gasteiger charge is 2.24. The molecule has 1 aromatic rings. The molecule has 1 unspecified atom stereocenters. The van der Waals surface area contributed by atoms with Crippen molar-refractivity contribution in [2.75, 3.05) is 32.5 Å². The van der Waals surface area contributed by atoms with Gasteiger partial charge in [0.1, 0.15) is 5.75 Å². The SMILES string of the molecule is COc1cccc(C(=O)N2CCOC(C)C2)c1N. The van der Waals surface area contributed by atoms with E-state index in [1.54, 1.807) is 23.1 Å². The predicted molar refractivity (Wildman–Crippen MR) is 68.7 cm³/mol. The van der Waals surface area contributed by atoms with Gasteiger partial charge in [0.05, 0.1) is 31.1 Å². The number of amides is 1. The van der Waals surface area contributed by atoms with Crippen LogP contribution in [0.15, 0.2) is 18.2 Å². The summed E-state index contributed by atoms with van der Waals surface area (Å²) in [5, 5.41) is 0. The van der Waals surface area contributed by atoms with Crippen LogP contribution in [-0.4, -0.2) is 43.7 Å². The quantitative estimate of drug-likeness (QED) is 0.799. The molecule has 0 bridgehead atoms. The average molecular weight is 250 g/mol. The fourth-order valence-electron chi connectivity index (χ4n) is 2.08. The molecule has 1 amide bonds. The molecule has 0 aromatic heterocycles. The van der Waals surface area contributed by atoms with E-state index in [0.29, 0.717) is 36.7 Å². The van der Waals surface area contributed by atoms with E-state index in [-0.39, 0.29) is 12.0 Å². The number of hydrogen-bond donors (Lipinski definition) is 1. The molecule has 1 fully saturated rings. The van der Waals surface area contributed by atoms with Crippen molar-refractivity contribution in [2.45, 2.75) is 13.0 Å². The Bertz CT molecular complexity index is 448. The lowest BCUT2D eigenvalue weighted by molar-refractivity contribution is -0.0123. The molecule has 1 heterocycles. The molecule has 1 atom stereocenters. The summed E-state index contributed by atoms with van der Waals surface area (Å²) in [4.78, 5) is 14.1. The first-order valence-electron chi connectivity index (χ1n) is 5.97. The van der Waals surface area contributed by atoms with Gasteiger partial charge in [0.15, 0.2) is 0 Å². The zero-order valence-corrected chi connectivity index (χ0v) is 10.7. The molecule has 0 aliphatic carbocycles. The first kappa shape index (κ1) is 12.7. The molecular formula is C13H18N2O3. The summed E-state index contributed by atoms with van der Waals surface area (Å²) in [5.41, 5.74) is 6.81. The lowest BCUT2D eigenvalue weighted by Crippen LogP contribution is -2.44. The maximum Gasteiger partial charge on any atom is 0.256 e. The van der Waals surface area contributed by atoms with Gasteiger partial charge in [-0.2, -0.15) is 0 Å². The van der Waals surface area contributed by atoms with Crippen molar-refractivity contribution in [1.82, 2.24) is 4.90 Å². The Morgan fingerprint density at radius 3 is 3.00 bits per heavy atom. The Labute approximate surface area is 106 Å². The highest BCUT2D eigenvalue weighted by atomic mass is 16.5. The van der Waals surface area contributed by atoms with Gasteiger partial charge >= 0.3 is 0 Å².